The Morgan fingerprint density at radius 1 is 1.44 bits per heavy atom. The highest BCUT2D eigenvalue weighted by Crippen LogP contribution is 2.29. The summed E-state index contributed by atoms with van der Waals surface area (Å²) in [5, 5.41) is 0. The second-order valence-corrected chi connectivity index (χ2v) is 4.94. The molecule has 0 unspecified atom stereocenters. The van der Waals surface area contributed by atoms with Crippen LogP contribution < -0.4 is 4.74 Å². The quantitative estimate of drug-likeness (QED) is 0.464. The molecule has 0 amide bonds. The summed E-state index contributed by atoms with van der Waals surface area (Å²) in [6.45, 7) is 6.79. The van der Waals surface area contributed by atoms with Gasteiger partial charge in [-0.15, -0.1) is 0 Å². The topological polar surface area (TPSA) is 26.3 Å². The fraction of sp³-hybridized carbons (Fsp3) is 0.462. The summed E-state index contributed by atoms with van der Waals surface area (Å²) in [5.41, 5.74) is 2.79. The van der Waals surface area contributed by atoms with E-state index in [9.17, 15) is 4.79 Å². The largest absolute Gasteiger partial charge is 0.492 e. The summed E-state index contributed by atoms with van der Waals surface area (Å²) >= 11 is 2.24. The molecule has 0 radical (unpaired) electrons. The lowest BCUT2D eigenvalue weighted by atomic mass is 10.0. The van der Waals surface area contributed by atoms with Crippen molar-refractivity contribution in [1.29, 1.82) is 0 Å². The van der Waals surface area contributed by atoms with Crippen LogP contribution in [0.15, 0.2) is 6.07 Å². The molecule has 0 aliphatic heterocycles. The number of carbonyl (C=O) groups excluding carboxylic acids is 1. The Bertz CT molecular complexity index is 386. The second-order valence-electron chi connectivity index (χ2n) is 3.86. The van der Waals surface area contributed by atoms with E-state index < -0.39 is 0 Å². The highest BCUT2D eigenvalue weighted by molar-refractivity contribution is 14.1. The molecule has 2 nitrogen and oxygen atoms in total. The minimum atomic E-state index is 0.742. The number of unbranched alkanes of at least 4 members (excludes halogenated alkanes) is 1. The fourth-order valence-corrected chi connectivity index (χ4v) is 2.15. The van der Waals surface area contributed by atoms with E-state index in [0.717, 1.165) is 51.7 Å². The van der Waals surface area contributed by atoms with Crippen LogP contribution in [-0.2, 0) is 0 Å². The summed E-state index contributed by atoms with van der Waals surface area (Å²) in [6.07, 6.45) is 3.10. The molecule has 0 atom stereocenters. The highest BCUT2D eigenvalue weighted by atomic mass is 127. The number of aldehydes is 1. The number of benzene rings is 1. The smallest absolute Gasteiger partial charge is 0.150 e. The lowest BCUT2D eigenvalue weighted by Crippen LogP contribution is -2.02. The molecule has 0 fully saturated rings. The molecule has 0 saturated heterocycles. The number of rotatable bonds is 5. The van der Waals surface area contributed by atoms with Crippen LogP contribution in [0.2, 0.25) is 0 Å². The summed E-state index contributed by atoms with van der Waals surface area (Å²) in [7, 11) is 0. The first-order valence-corrected chi connectivity index (χ1v) is 6.57. The third-order valence-electron chi connectivity index (χ3n) is 2.60. The predicted octanol–water partition coefficient (Wildman–Crippen LogP) is 3.90. The van der Waals surface area contributed by atoms with Crippen molar-refractivity contribution in [2.75, 3.05) is 6.61 Å². The van der Waals surface area contributed by atoms with E-state index in [1.807, 2.05) is 19.9 Å². The fourth-order valence-electron chi connectivity index (χ4n) is 1.55. The zero-order valence-corrected chi connectivity index (χ0v) is 12.1. The van der Waals surface area contributed by atoms with Gasteiger partial charge >= 0.3 is 0 Å². The molecule has 0 spiro atoms. The van der Waals surface area contributed by atoms with Gasteiger partial charge in [-0.25, -0.2) is 0 Å². The Morgan fingerprint density at radius 2 is 2.12 bits per heavy atom. The van der Waals surface area contributed by atoms with Crippen molar-refractivity contribution in [3.8, 4) is 5.75 Å². The Balaban J connectivity index is 2.99. The van der Waals surface area contributed by atoms with Crippen molar-refractivity contribution in [2.24, 2.45) is 0 Å². The predicted molar refractivity (Wildman–Crippen MR) is 74.4 cm³/mol. The Kier molecular flexibility index (Phi) is 5.25. The van der Waals surface area contributed by atoms with E-state index in [1.165, 1.54) is 0 Å². The van der Waals surface area contributed by atoms with Crippen LogP contribution in [0, 0.1) is 17.4 Å². The molecule has 1 rings (SSSR count). The molecule has 0 aromatic heterocycles. The summed E-state index contributed by atoms with van der Waals surface area (Å²) in [4.78, 5) is 10.9. The molecule has 3 heteroatoms. The Labute approximate surface area is 111 Å². The maximum atomic E-state index is 10.9. The Morgan fingerprint density at radius 3 is 2.69 bits per heavy atom. The van der Waals surface area contributed by atoms with Gasteiger partial charge in [0.15, 0.2) is 6.29 Å². The van der Waals surface area contributed by atoms with E-state index in [-0.39, 0.29) is 0 Å². The van der Waals surface area contributed by atoms with Gasteiger partial charge in [0, 0.05) is 5.56 Å². The first-order valence-electron chi connectivity index (χ1n) is 5.49. The Hall–Kier alpha value is -0.580. The molecular formula is C13H17IO2. The van der Waals surface area contributed by atoms with Gasteiger partial charge in [0.2, 0.25) is 0 Å². The maximum absolute atomic E-state index is 10.9. The van der Waals surface area contributed by atoms with Gasteiger partial charge in [-0.1, -0.05) is 13.3 Å². The second kappa shape index (κ2) is 6.23. The average Bonchev–Trinajstić information content (AvgIpc) is 2.26. The average molecular weight is 332 g/mol. The molecule has 1 aromatic rings. The zero-order chi connectivity index (χ0) is 12.1. The van der Waals surface area contributed by atoms with Crippen molar-refractivity contribution < 1.29 is 9.53 Å². The lowest BCUT2D eigenvalue weighted by Gasteiger charge is -2.13. The highest BCUT2D eigenvalue weighted by Gasteiger charge is 2.11. The van der Waals surface area contributed by atoms with Crippen LogP contribution in [0.1, 0.15) is 41.3 Å². The van der Waals surface area contributed by atoms with Gasteiger partial charge < -0.3 is 4.74 Å². The van der Waals surface area contributed by atoms with Gasteiger partial charge in [-0.05, 0) is 60.1 Å². The van der Waals surface area contributed by atoms with Crippen molar-refractivity contribution >= 4 is 28.9 Å². The number of carbonyl (C=O) groups is 1. The summed E-state index contributed by atoms with van der Waals surface area (Å²) in [6, 6.07) is 1.95. The number of aryl methyl sites for hydroxylation is 1. The molecule has 0 heterocycles. The third kappa shape index (κ3) is 2.97. The van der Waals surface area contributed by atoms with Crippen LogP contribution in [0.4, 0.5) is 0 Å². The molecular weight excluding hydrogens is 315 g/mol. The molecule has 0 aliphatic carbocycles. The molecule has 0 saturated carbocycles. The monoisotopic (exact) mass is 332 g/mol. The minimum Gasteiger partial charge on any atom is -0.492 e. The standard InChI is InChI=1S/C13H17IO2/c1-4-5-6-16-12-7-9(2)11(8-15)10(3)13(12)14/h7-8H,4-6H2,1-3H3. The minimum absolute atomic E-state index is 0.742. The number of hydrogen-bond acceptors (Lipinski definition) is 2. The van der Waals surface area contributed by atoms with Crippen LogP contribution >= 0.6 is 22.6 Å². The van der Waals surface area contributed by atoms with Gasteiger partial charge in [0.25, 0.3) is 0 Å². The maximum Gasteiger partial charge on any atom is 0.150 e. The number of halogens is 1. The van der Waals surface area contributed by atoms with Gasteiger partial charge in [-0.2, -0.15) is 0 Å². The molecule has 88 valence electrons. The van der Waals surface area contributed by atoms with E-state index in [2.05, 4.69) is 29.5 Å². The van der Waals surface area contributed by atoms with Crippen molar-refractivity contribution in [3.63, 3.8) is 0 Å². The van der Waals surface area contributed by atoms with E-state index in [0.29, 0.717) is 0 Å². The molecule has 0 bridgehead atoms. The number of ether oxygens (including phenoxy) is 1. The molecule has 0 N–H and O–H groups in total. The van der Waals surface area contributed by atoms with Crippen molar-refractivity contribution in [2.45, 2.75) is 33.6 Å². The van der Waals surface area contributed by atoms with E-state index >= 15 is 0 Å². The number of hydrogen-bond donors (Lipinski definition) is 0. The first kappa shape index (κ1) is 13.5. The van der Waals surface area contributed by atoms with Gasteiger partial charge in [0.05, 0.1) is 10.2 Å². The normalized spacial score (nSPS) is 10.2. The van der Waals surface area contributed by atoms with Crippen LogP contribution in [0.3, 0.4) is 0 Å². The lowest BCUT2D eigenvalue weighted by molar-refractivity contribution is 0.112. The van der Waals surface area contributed by atoms with Crippen molar-refractivity contribution in [3.05, 3.63) is 26.3 Å². The van der Waals surface area contributed by atoms with E-state index in [1.54, 1.807) is 0 Å². The summed E-state index contributed by atoms with van der Waals surface area (Å²) in [5.74, 6) is 0.898. The first-order chi connectivity index (χ1) is 7.61. The summed E-state index contributed by atoms with van der Waals surface area (Å²) < 4.78 is 6.76. The van der Waals surface area contributed by atoms with Crippen LogP contribution in [0.5, 0.6) is 5.75 Å². The SMILES string of the molecule is CCCCOc1cc(C)c(C=O)c(C)c1I. The van der Waals surface area contributed by atoms with Gasteiger partial charge in [-0.3, -0.25) is 4.79 Å². The third-order valence-corrected chi connectivity index (χ3v) is 3.94. The van der Waals surface area contributed by atoms with Crippen LogP contribution in [-0.4, -0.2) is 12.9 Å². The molecule has 1 aromatic carbocycles. The van der Waals surface area contributed by atoms with Gasteiger partial charge in [0.1, 0.15) is 5.75 Å². The molecule has 0 aliphatic rings. The molecule has 16 heavy (non-hydrogen) atoms. The van der Waals surface area contributed by atoms with Crippen molar-refractivity contribution in [1.82, 2.24) is 0 Å². The zero-order valence-electron chi connectivity index (χ0n) is 9.97. The van der Waals surface area contributed by atoms with Crippen LogP contribution in [0.25, 0.3) is 0 Å². The van der Waals surface area contributed by atoms with E-state index in [4.69, 9.17) is 4.74 Å².